The van der Waals surface area contributed by atoms with E-state index in [1.54, 1.807) is 12.1 Å². The molecule has 5 heterocycles. The lowest BCUT2D eigenvalue weighted by molar-refractivity contribution is -0.312. The molecule has 0 aliphatic carbocycles. The minimum atomic E-state index is -6.99. The maximum atomic E-state index is 13.5. The lowest BCUT2D eigenvalue weighted by Gasteiger charge is -2.35. The summed E-state index contributed by atoms with van der Waals surface area (Å²) in [6, 6.07) is 111. The van der Waals surface area contributed by atoms with Crippen molar-refractivity contribution in [1.82, 2.24) is 29.9 Å². The molecule has 0 unspecified atom stereocenters. The van der Waals surface area contributed by atoms with E-state index in [9.17, 15) is 77.7 Å². The van der Waals surface area contributed by atoms with Crippen LogP contribution in [0.4, 0.5) is 26.3 Å². The van der Waals surface area contributed by atoms with Crippen molar-refractivity contribution in [3.63, 3.8) is 0 Å². The van der Waals surface area contributed by atoms with Gasteiger partial charge in [-0.05, 0) is 171 Å². The van der Waals surface area contributed by atoms with Crippen LogP contribution in [0.1, 0.15) is 70.9 Å². The van der Waals surface area contributed by atoms with Gasteiger partial charge in [0, 0.05) is 62.2 Å². The van der Waals surface area contributed by atoms with E-state index in [2.05, 4.69) is 299 Å². The first kappa shape index (κ1) is 98.3. The number of halogens is 6. The number of aromatic carboxylic acids is 2. The summed E-state index contributed by atoms with van der Waals surface area (Å²) in [6.45, 7) is 3.83. The lowest BCUT2D eigenvalue weighted by atomic mass is 9.99. The predicted molar refractivity (Wildman–Crippen MR) is 463 cm³/mol. The van der Waals surface area contributed by atoms with Crippen molar-refractivity contribution in [2.45, 2.75) is 100 Å². The third kappa shape index (κ3) is 30.1. The van der Waals surface area contributed by atoms with Crippen LogP contribution in [-0.4, -0.2) is 137 Å². The Labute approximate surface area is 720 Å². The molecule has 0 atom stereocenters. The van der Waals surface area contributed by atoms with Gasteiger partial charge < -0.3 is 40.3 Å². The van der Waals surface area contributed by atoms with E-state index in [1.807, 2.05) is 44.2 Å². The van der Waals surface area contributed by atoms with Crippen molar-refractivity contribution < 1.29 is 82.2 Å². The van der Waals surface area contributed by atoms with Gasteiger partial charge in [-0.25, -0.2) is 8.42 Å². The fourth-order valence-electron chi connectivity index (χ4n) is 11.5. The Kier molecular flexibility index (Phi) is 41.3. The molecule has 640 valence electrons. The number of hydrogen-bond acceptors (Lipinski definition) is 16. The fraction of sp³-hybridized carbons (Fsp3) is 0.207. The Balaban J connectivity index is 0.000000195. The monoisotopic (exact) mass is 1780 g/mol. The van der Waals surface area contributed by atoms with E-state index in [4.69, 9.17) is 4.55 Å². The van der Waals surface area contributed by atoms with Crippen molar-refractivity contribution in [3.05, 3.63) is 363 Å². The highest BCUT2D eigenvalue weighted by Crippen LogP contribution is 2.51. The van der Waals surface area contributed by atoms with Crippen molar-refractivity contribution in [1.29, 1.82) is 0 Å². The molecule has 0 amide bonds. The molecule has 3 fully saturated rings. The molecule has 30 heteroatoms. The van der Waals surface area contributed by atoms with Crippen LogP contribution in [0.2, 0.25) is 0 Å². The number of piperidine rings is 1. The van der Waals surface area contributed by atoms with Gasteiger partial charge in [0.2, 0.25) is 5.78 Å². The highest BCUT2D eigenvalue weighted by Gasteiger charge is 2.82. The zero-order chi connectivity index (χ0) is 88.2. The summed E-state index contributed by atoms with van der Waals surface area (Å²) in [4.78, 5) is 64.8. The van der Waals surface area contributed by atoms with E-state index in [1.165, 1.54) is 93.1 Å². The lowest BCUT2D eigenvalue weighted by Crippen LogP contribution is -2.64. The number of alkyl halides is 6. The second-order valence-electron chi connectivity index (χ2n) is 25.9. The van der Waals surface area contributed by atoms with Gasteiger partial charge in [0.05, 0.1) is 56.5 Å². The maximum Gasteiger partial charge on any atom is 0.439 e. The molecule has 122 heavy (non-hydrogen) atoms. The van der Waals surface area contributed by atoms with Crippen LogP contribution in [0.25, 0.3) is 0 Å². The van der Waals surface area contributed by atoms with Crippen LogP contribution < -0.4 is 26.0 Å². The number of aromatic nitrogens is 3. The molecule has 3 N–H and O–H groups in total. The average molecular weight is 1780 g/mol. The van der Waals surface area contributed by atoms with E-state index < -0.39 is 67.6 Å². The number of carbonyl (C=O) groups is 4. The van der Waals surface area contributed by atoms with Gasteiger partial charge in [-0.1, -0.05) is 214 Å². The number of carboxylic acids is 3. The molecule has 0 bridgehead atoms. The van der Waals surface area contributed by atoms with E-state index in [0.29, 0.717) is 16.7 Å². The quantitative estimate of drug-likeness (QED) is 0.0276. The third-order valence-electron chi connectivity index (χ3n) is 17.5. The number of ketones is 1. The van der Waals surface area contributed by atoms with Crippen LogP contribution in [0.15, 0.2) is 390 Å². The Bertz CT molecular complexity index is 4620. The number of carbonyl (C=O) groups excluding carboxylic acids is 4. The molecule has 0 spiro atoms. The first-order valence-electron chi connectivity index (χ1n) is 38.5. The molecule has 3 aliphatic heterocycles. The van der Waals surface area contributed by atoms with Crippen LogP contribution in [0.3, 0.4) is 0 Å². The van der Waals surface area contributed by atoms with E-state index in [0.717, 1.165) is 43.4 Å². The van der Waals surface area contributed by atoms with Gasteiger partial charge in [-0.2, -0.15) is 39.1 Å². The van der Waals surface area contributed by atoms with Crippen molar-refractivity contribution in [2.24, 2.45) is 5.92 Å². The zero-order valence-corrected chi connectivity index (χ0v) is 71.5. The molecule has 3 aliphatic rings. The van der Waals surface area contributed by atoms with Gasteiger partial charge in [0.25, 0.3) is 10.0 Å². The fourth-order valence-corrected chi connectivity index (χ4v) is 22.0. The Morgan fingerprint density at radius 2 is 0.713 bits per heavy atom. The van der Waals surface area contributed by atoms with Crippen LogP contribution in [0.5, 0.6) is 0 Å². The Morgan fingerprint density at radius 1 is 0.418 bits per heavy atom. The van der Waals surface area contributed by atoms with Gasteiger partial charge in [-0.3, -0.25) is 24.3 Å². The van der Waals surface area contributed by atoms with Gasteiger partial charge in [0.15, 0.2) is 49.8 Å². The second-order valence-corrected chi connectivity index (χ2v) is 37.7. The number of rotatable bonds is 20. The molecule has 15 rings (SSSR count). The summed E-state index contributed by atoms with van der Waals surface area (Å²) in [6.07, 6.45) is 9.33. The van der Waals surface area contributed by atoms with Crippen molar-refractivity contribution in [3.8, 4) is 0 Å². The van der Waals surface area contributed by atoms with Crippen LogP contribution in [0, 0.1) is 5.92 Å². The van der Waals surface area contributed by atoms with Crippen LogP contribution in [-0.2, 0) is 68.5 Å². The molecular weight excluding hydrogens is 1690 g/mol. The van der Waals surface area contributed by atoms with Crippen molar-refractivity contribution >= 4 is 87.4 Å². The standard InChI is InChI=1S/3C18H15S.C12H15OS.C7H10F6N2O5S2.C6H11NO2.C6H5NO2.C5H4N2O2.C2H6/c3*1-4-10-16(11-5-1)19(17-12-6-2-7-13-17)18-14-8-3-9-15-18;13-12(10-14-8-4-5-9-14)11-6-2-1-3-7-11;8-5(9,7(12,13)22(18,19)20)6(10,11)21(16,17)15-3-1-14-2-4-15;8-6(9)5-1-3-7-4-2-5;8-6(9)5-3-1-2-4-7-5;8-5(9)4-3-6-1-2-7-4;1-2/h3*1-15H;1-3,6-7H,4-5,8-10H2;14H,1-4H2,(H,18,19,20);5,7H,1-4H2,(H,8,9);1-4H,(H,8,9);1-3H,(H,8,9);1-2H3/q4*+1;;;;;/p-3. The van der Waals surface area contributed by atoms with Gasteiger partial charge in [0.1, 0.15) is 17.2 Å². The maximum absolute atomic E-state index is 13.5. The molecule has 12 aromatic rings. The second kappa shape index (κ2) is 51.2. The molecule has 3 saturated heterocycles. The number of aliphatic carboxylic acids is 1. The van der Waals surface area contributed by atoms with Crippen molar-refractivity contribution in [2.75, 3.05) is 56.5 Å². The molecule has 10 aromatic carbocycles. The van der Waals surface area contributed by atoms with Gasteiger partial charge in [-0.15, -0.1) is 0 Å². The highest BCUT2D eigenvalue weighted by atomic mass is 32.2. The Hall–Kier alpha value is -10.8. The average Bonchev–Trinajstić information content (AvgIpc) is 0.802. The molecule has 2 aromatic heterocycles. The minimum absolute atomic E-state index is 0.0146. The molecular formula is C92H93F6N6O12S6+. The highest BCUT2D eigenvalue weighted by molar-refractivity contribution is 7.98. The number of Topliss-reactive ketones (excluding diaryl/α,β-unsaturated/α-hetero) is 1. The zero-order valence-electron chi connectivity index (χ0n) is 66.6. The summed E-state index contributed by atoms with van der Waals surface area (Å²) in [5.74, 6) is -6.87. The summed E-state index contributed by atoms with van der Waals surface area (Å²) in [5.41, 5.74) is 0.710. The summed E-state index contributed by atoms with van der Waals surface area (Å²) in [7, 11) is -13.0. The number of sulfonamides is 1. The smallest absolute Gasteiger partial charge is 0.439 e. The van der Waals surface area contributed by atoms with E-state index >= 15 is 0 Å². The number of pyridine rings is 1. The molecule has 0 radical (unpaired) electrons. The predicted octanol–water partition coefficient (Wildman–Crippen LogP) is 14.6. The van der Waals surface area contributed by atoms with E-state index in [-0.39, 0.29) is 67.4 Å². The normalized spacial score (nSPS) is 13.5. The third-order valence-corrected chi connectivity index (χ3v) is 29.4. The molecule has 18 nitrogen and oxygen atoms in total. The number of nitrogens with one attached hydrogen (secondary N) is 2. The SMILES string of the molecule is CC.O=C(C[S+]1CCCC1)c1ccccc1.O=C([O-])C1CCNCC1.O=C([O-])c1ccccn1.O=C([O-])c1cnccn1.O=S(=O)(O)C(F)(F)C(F)(F)C(F)(F)S(=O)(=O)N1CCNCC1.c1ccc([S+](c2ccccc2)c2ccccc2)cc1.c1ccc([S+](c2ccccc2)c2ccccc2)cc1.c1ccc([S+](c2ccccc2)c2ccccc2)cc1. The first-order valence-corrected chi connectivity index (χ1v) is 46.7. The number of hydrogen-bond donors (Lipinski definition) is 3. The number of carboxylic acid groups (broad SMARTS) is 3. The van der Waals surface area contributed by atoms with Gasteiger partial charge >= 0.3 is 26.5 Å². The molecule has 0 saturated carbocycles. The van der Waals surface area contributed by atoms with Crippen LogP contribution >= 0.6 is 0 Å². The topological polar surface area (TPSA) is 292 Å². The summed E-state index contributed by atoms with van der Waals surface area (Å²) >= 11 is 0. The summed E-state index contributed by atoms with van der Waals surface area (Å²) < 4.78 is 131. The number of benzene rings is 10. The number of piperazine rings is 1. The largest absolute Gasteiger partial charge is 0.550 e. The number of nitrogens with zero attached hydrogens (tertiary/aromatic N) is 4. The minimum Gasteiger partial charge on any atom is -0.550 e. The summed E-state index contributed by atoms with van der Waals surface area (Å²) in [5, 5.41) is 22.7. The first-order chi connectivity index (χ1) is 58.7. The Morgan fingerprint density at radius 3 is 0.959 bits per heavy atom.